The summed E-state index contributed by atoms with van der Waals surface area (Å²) in [6, 6.07) is 9.17. The van der Waals surface area contributed by atoms with Crippen molar-refractivity contribution in [1.29, 1.82) is 0 Å². The molecule has 140 valence electrons. The summed E-state index contributed by atoms with van der Waals surface area (Å²) < 4.78 is 3.58. The van der Waals surface area contributed by atoms with Crippen LogP contribution in [0.1, 0.15) is 67.4 Å². The lowest BCUT2D eigenvalue weighted by atomic mass is 9.95. The zero-order chi connectivity index (χ0) is 18.1. The molecule has 2 aromatic rings. The maximum Gasteiger partial charge on any atom is 0.345 e. The predicted molar refractivity (Wildman–Crippen MR) is 103 cm³/mol. The van der Waals surface area contributed by atoms with Crippen LogP contribution in [0.2, 0.25) is 0 Å². The van der Waals surface area contributed by atoms with E-state index in [1.807, 2.05) is 4.57 Å². The van der Waals surface area contributed by atoms with Crippen LogP contribution in [-0.2, 0) is 13.6 Å². The Hall–Kier alpha value is -1.88. The number of rotatable bonds is 4. The molecule has 26 heavy (non-hydrogen) atoms. The standard InChI is InChI=1S/C21H30N4O/c1-16-6-5-7-17(14-16)15-24-12-10-18(11-13-24)20-22-23(2)21(26)25(20)19-8-3-4-9-19/h5-7,14,18-19H,3-4,8-13,15H2,1-2H3. The second kappa shape index (κ2) is 7.39. The van der Waals surface area contributed by atoms with Gasteiger partial charge in [0.05, 0.1) is 0 Å². The van der Waals surface area contributed by atoms with E-state index in [-0.39, 0.29) is 5.69 Å². The Morgan fingerprint density at radius 2 is 1.85 bits per heavy atom. The Bertz CT molecular complexity index is 808. The molecule has 0 spiro atoms. The minimum atomic E-state index is 0.0779. The minimum Gasteiger partial charge on any atom is -0.299 e. The molecule has 1 aromatic heterocycles. The van der Waals surface area contributed by atoms with Crippen LogP contribution >= 0.6 is 0 Å². The van der Waals surface area contributed by atoms with E-state index in [1.165, 1.54) is 24.0 Å². The molecule has 0 amide bonds. The van der Waals surface area contributed by atoms with Gasteiger partial charge in [-0.05, 0) is 51.3 Å². The first kappa shape index (κ1) is 17.5. The molecule has 1 saturated carbocycles. The highest BCUT2D eigenvalue weighted by Crippen LogP contribution is 2.33. The number of aromatic nitrogens is 3. The van der Waals surface area contributed by atoms with Crippen LogP contribution in [-0.4, -0.2) is 32.3 Å². The smallest absolute Gasteiger partial charge is 0.299 e. The molecule has 4 rings (SSSR count). The Morgan fingerprint density at radius 3 is 2.54 bits per heavy atom. The summed E-state index contributed by atoms with van der Waals surface area (Å²) in [6.07, 6.45) is 6.92. The van der Waals surface area contributed by atoms with E-state index in [4.69, 9.17) is 0 Å². The van der Waals surface area contributed by atoms with Gasteiger partial charge in [-0.25, -0.2) is 9.48 Å². The first-order chi connectivity index (χ1) is 12.6. The lowest BCUT2D eigenvalue weighted by Crippen LogP contribution is -2.34. The molecular weight excluding hydrogens is 324 g/mol. The molecule has 0 unspecified atom stereocenters. The van der Waals surface area contributed by atoms with Crippen molar-refractivity contribution in [3.05, 3.63) is 51.7 Å². The van der Waals surface area contributed by atoms with Crippen LogP contribution < -0.4 is 5.69 Å². The Labute approximate surface area is 155 Å². The van der Waals surface area contributed by atoms with E-state index in [9.17, 15) is 4.79 Å². The topological polar surface area (TPSA) is 43.1 Å². The summed E-state index contributed by atoms with van der Waals surface area (Å²) in [5.41, 5.74) is 2.80. The fraction of sp³-hybridized carbons (Fsp3) is 0.619. The number of hydrogen-bond acceptors (Lipinski definition) is 3. The number of nitrogens with zero attached hydrogens (tertiary/aromatic N) is 4. The third-order valence-electron chi connectivity index (χ3n) is 6.11. The highest BCUT2D eigenvalue weighted by Gasteiger charge is 2.30. The number of benzene rings is 1. The number of hydrogen-bond donors (Lipinski definition) is 0. The molecule has 0 atom stereocenters. The maximum absolute atomic E-state index is 12.6. The van der Waals surface area contributed by atoms with Crippen molar-refractivity contribution in [3.63, 3.8) is 0 Å². The second-order valence-electron chi connectivity index (χ2n) is 8.11. The van der Waals surface area contributed by atoms with Gasteiger partial charge in [-0.1, -0.05) is 42.7 Å². The van der Waals surface area contributed by atoms with Crippen LogP contribution in [0.4, 0.5) is 0 Å². The highest BCUT2D eigenvalue weighted by atomic mass is 16.2. The average molecular weight is 354 g/mol. The van der Waals surface area contributed by atoms with E-state index in [1.54, 1.807) is 11.7 Å². The van der Waals surface area contributed by atoms with Crippen molar-refractivity contribution in [2.24, 2.45) is 7.05 Å². The van der Waals surface area contributed by atoms with Gasteiger partial charge < -0.3 is 0 Å². The van der Waals surface area contributed by atoms with Gasteiger partial charge in [0.1, 0.15) is 5.82 Å². The summed E-state index contributed by atoms with van der Waals surface area (Å²) in [7, 11) is 1.80. The third kappa shape index (κ3) is 3.50. The average Bonchev–Trinajstić information content (AvgIpc) is 3.25. The normalized spacial score (nSPS) is 20.1. The number of piperidine rings is 1. The maximum atomic E-state index is 12.6. The zero-order valence-electron chi connectivity index (χ0n) is 16.0. The largest absolute Gasteiger partial charge is 0.345 e. The molecule has 0 bridgehead atoms. The number of aryl methyl sites for hydroxylation is 2. The molecule has 1 aliphatic heterocycles. The molecular formula is C21H30N4O. The van der Waals surface area contributed by atoms with Gasteiger partial charge in [0.15, 0.2) is 0 Å². The summed E-state index contributed by atoms with van der Waals surface area (Å²) in [4.78, 5) is 15.1. The quantitative estimate of drug-likeness (QED) is 0.845. The predicted octanol–water partition coefficient (Wildman–Crippen LogP) is 3.38. The van der Waals surface area contributed by atoms with E-state index in [0.29, 0.717) is 12.0 Å². The van der Waals surface area contributed by atoms with Gasteiger partial charge in [0.25, 0.3) is 0 Å². The Balaban J connectivity index is 1.45. The molecule has 0 radical (unpaired) electrons. The molecule has 2 heterocycles. The summed E-state index contributed by atoms with van der Waals surface area (Å²) in [5, 5.41) is 4.65. The van der Waals surface area contributed by atoms with Crippen molar-refractivity contribution in [2.45, 2.75) is 64.0 Å². The Morgan fingerprint density at radius 1 is 1.12 bits per heavy atom. The van der Waals surface area contributed by atoms with Crippen LogP contribution in [0, 0.1) is 6.92 Å². The highest BCUT2D eigenvalue weighted by molar-refractivity contribution is 5.22. The van der Waals surface area contributed by atoms with Crippen LogP contribution in [0.3, 0.4) is 0 Å². The molecule has 1 saturated heterocycles. The van der Waals surface area contributed by atoms with E-state index < -0.39 is 0 Å². The monoisotopic (exact) mass is 354 g/mol. The lowest BCUT2D eigenvalue weighted by Gasteiger charge is -2.32. The number of likely N-dealkylation sites (tertiary alicyclic amines) is 1. The molecule has 1 aliphatic carbocycles. The summed E-state index contributed by atoms with van der Waals surface area (Å²) in [6.45, 7) is 5.33. The van der Waals surface area contributed by atoms with Gasteiger partial charge in [-0.15, -0.1) is 0 Å². The molecule has 2 aliphatic rings. The van der Waals surface area contributed by atoms with Crippen LogP contribution in [0.5, 0.6) is 0 Å². The Kier molecular flexibility index (Phi) is 4.98. The fourth-order valence-corrected chi connectivity index (χ4v) is 4.70. The van der Waals surface area contributed by atoms with Gasteiger partial charge in [0, 0.05) is 25.6 Å². The lowest BCUT2D eigenvalue weighted by molar-refractivity contribution is 0.198. The van der Waals surface area contributed by atoms with Gasteiger partial charge in [0.2, 0.25) is 0 Å². The molecule has 2 fully saturated rings. The molecule has 0 N–H and O–H groups in total. The van der Waals surface area contributed by atoms with Crippen molar-refractivity contribution in [2.75, 3.05) is 13.1 Å². The molecule has 5 nitrogen and oxygen atoms in total. The van der Waals surface area contributed by atoms with Crippen molar-refractivity contribution in [3.8, 4) is 0 Å². The minimum absolute atomic E-state index is 0.0779. The van der Waals surface area contributed by atoms with E-state index >= 15 is 0 Å². The fourth-order valence-electron chi connectivity index (χ4n) is 4.70. The van der Waals surface area contributed by atoms with Crippen molar-refractivity contribution >= 4 is 0 Å². The molecule has 1 aromatic carbocycles. The van der Waals surface area contributed by atoms with E-state index in [2.05, 4.69) is 41.2 Å². The molecule has 5 heteroatoms. The first-order valence-electron chi connectivity index (χ1n) is 10.0. The van der Waals surface area contributed by atoms with Gasteiger partial charge >= 0.3 is 5.69 Å². The van der Waals surface area contributed by atoms with Crippen LogP contribution in [0.25, 0.3) is 0 Å². The zero-order valence-corrected chi connectivity index (χ0v) is 16.0. The van der Waals surface area contributed by atoms with E-state index in [0.717, 1.165) is 51.1 Å². The summed E-state index contributed by atoms with van der Waals surface area (Å²) in [5.74, 6) is 1.46. The SMILES string of the molecule is Cc1cccc(CN2CCC(c3nn(C)c(=O)n3C3CCCC3)CC2)c1. The van der Waals surface area contributed by atoms with Crippen LogP contribution in [0.15, 0.2) is 29.1 Å². The van der Waals surface area contributed by atoms with Crippen molar-refractivity contribution in [1.82, 2.24) is 19.2 Å². The summed E-state index contributed by atoms with van der Waals surface area (Å²) >= 11 is 0. The third-order valence-corrected chi connectivity index (χ3v) is 6.11. The van der Waals surface area contributed by atoms with Crippen molar-refractivity contribution < 1.29 is 0 Å². The second-order valence-corrected chi connectivity index (χ2v) is 8.11. The first-order valence-corrected chi connectivity index (χ1v) is 10.0. The van der Waals surface area contributed by atoms with Gasteiger partial charge in [-0.3, -0.25) is 9.47 Å². The van der Waals surface area contributed by atoms with Gasteiger partial charge in [-0.2, -0.15) is 5.10 Å².